The Balaban J connectivity index is 2.91. The van der Waals surface area contributed by atoms with Crippen LogP contribution in [0.4, 0.5) is 0 Å². The van der Waals surface area contributed by atoms with Crippen molar-refractivity contribution in [3.8, 4) is 0 Å². The van der Waals surface area contributed by atoms with Gasteiger partial charge in [-0.05, 0) is 59.3 Å². The summed E-state index contributed by atoms with van der Waals surface area (Å²) in [6, 6.07) is 6.79. The first-order valence-corrected chi connectivity index (χ1v) is 11.5. The monoisotopic (exact) mass is 442 g/mol. The molecule has 0 saturated heterocycles. The average molecular weight is 443 g/mol. The van der Waals surface area contributed by atoms with Gasteiger partial charge < -0.3 is 10.2 Å². The van der Waals surface area contributed by atoms with Crippen LogP contribution in [0.15, 0.2) is 28.7 Å². The SMILES string of the molecule is CCC(CC)CN(CC)C(=O)C(CCSC)NC(=O)c1ccccc1Br. The summed E-state index contributed by atoms with van der Waals surface area (Å²) in [5.74, 6) is 1.14. The van der Waals surface area contributed by atoms with Gasteiger partial charge in [-0.1, -0.05) is 38.8 Å². The molecule has 0 aliphatic carbocycles. The Bertz CT molecular complexity index is 579. The molecule has 0 spiro atoms. The molecule has 0 fully saturated rings. The number of benzene rings is 1. The predicted octanol–water partition coefficient (Wildman–Crippen LogP) is 4.59. The smallest absolute Gasteiger partial charge is 0.253 e. The molecule has 0 aromatic heterocycles. The number of hydrogen-bond donors (Lipinski definition) is 1. The minimum Gasteiger partial charge on any atom is -0.341 e. The van der Waals surface area contributed by atoms with Gasteiger partial charge in [0.1, 0.15) is 6.04 Å². The average Bonchev–Trinajstić information content (AvgIpc) is 2.65. The van der Waals surface area contributed by atoms with Gasteiger partial charge in [-0.15, -0.1) is 0 Å². The lowest BCUT2D eigenvalue weighted by Crippen LogP contribution is -2.50. The first-order chi connectivity index (χ1) is 12.5. The van der Waals surface area contributed by atoms with E-state index >= 15 is 0 Å². The van der Waals surface area contributed by atoms with Gasteiger partial charge in [-0.3, -0.25) is 9.59 Å². The molecule has 2 amide bonds. The molecule has 1 atom stereocenters. The summed E-state index contributed by atoms with van der Waals surface area (Å²) in [6.07, 6.45) is 4.76. The Morgan fingerprint density at radius 1 is 1.19 bits per heavy atom. The molecule has 0 aliphatic rings. The van der Waals surface area contributed by atoms with Crippen molar-refractivity contribution in [3.05, 3.63) is 34.3 Å². The van der Waals surface area contributed by atoms with Gasteiger partial charge in [0.25, 0.3) is 5.91 Å². The maximum Gasteiger partial charge on any atom is 0.253 e. The summed E-state index contributed by atoms with van der Waals surface area (Å²) in [7, 11) is 0. The second-order valence-electron chi connectivity index (χ2n) is 6.35. The van der Waals surface area contributed by atoms with Crippen molar-refractivity contribution in [1.82, 2.24) is 10.2 Å². The van der Waals surface area contributed by atoms with Crippen molar-refractivity contribution in [2.75, 3.05) is 25.1 Å². The van der Waals surface area contributed by atoms with E-state index in [2.05, 4.69) is 35.1 Å². The van der Waals surface area contributed by atoms with Crippen LogP contribution in [0.25, 0.3) is 0 Å². The van der Waals surface area contributed by atoms with Crippen LogP contribution in [0.3, 0.4) is 0 Å². The molecule has 1 rings (SSSR count). The van der Waals surface area contributed by atoms with Gasteiger partial charge in [0.05, 0.1) is 5.56 Å². The van der Waals surface area contributed by atoms with E-state index in [4.69, 9.17) is 0 Å². The van der Waals surface area contributed by atoms with E-state index in [1.165, 1.54) is 0 Å². The van der Waals surface area contributed by atoms with E-state index in [1.807, 2.05) is 36.3 Å². The van der Waals surface area contributed by atoms with Crippen LogP contribution in [-0.4, -0.2) is 47.9 Å². The van der Waals surface area contributed by atoms with Crippen molar-refractivity contribution in [3.63, 3.8) is 0 Å². The van der Waals surface area contributed by atoms with Crippen LogP contribution in [-0.2, 0) is 4.79 Å². The molecule has 0 saturated carbocycles. The quantitative estimate of drug-likeness (QED) is 0.545. The number of nitrogens with one attached hydrogen (secondary N) is 1. The third kappa shape index (κ3) is 6.95. The Hall–Kier alpha value is -1.01. The zero-order valence-electron chi connectivity index (χ0n) is 16.3. The van der Waals surface area contributed by atoms with Crippen LogP contribution in [0.1, 0.15) is 50.4 Å². The van der Waals surface area contributed by atoms with Gasteiger partial charge in [0.2, 0.25) is 5.91 Å². The second-order valence-corrected chi connectivity index (χ2v) is 8.19. The van der Waals surface area contributed by atoms with Crippen LogP contribution in [0.2, 0.25) is 0 Å². The van der Waals surface area contributed by atoms with Crippen LogP contribution >= 0.6 is 27.7 Å². The summed E-state index contributed by atoms with van der Waals surface area (Å²) in [5, 5.41) is 2.96. The van der Waals surface area contributed by atoms with Gasteiger partial charge in [-0.2, -0.15) is 11.8 Å². The zero-order valence-corrected chi connectivity index (χ0v) is 18.7. The first-order valence-electron chi connectivity index (χ1n) is 9.31. The Morgan fingerprint density at radius 3 is 2.38 bits per heavy atom. The fraction of sp³-hybridized carbons (Fsp3) is 0.600. The molecule has 4 nitrogen and oxygen atoms in total. The number of carbonyl (C=O) groups is 2. The number of hydrogen-bond acceptors (Lipinski definition) is 3. The summed E-state index contributed by atoms with van der Waals surface area (Å²) >= 11 is 5.09. The molecule has 1 unspecified atom stereocenters. The number of rotatable bonds is 11. The highest BCUT2D eigenvalue weighted by Gasteiger charge is 2.26. The van der Waals surface area contributed by atoms with Crippen molar-refractivity contribution >= 4 is 39.5 Å². The lowest BCUT2D eigenvalue weighted by Gasteiger charge is -2.29. The molecule has 6 heteroatoms. The first kappa shape index (κ1) is 23.0. The standard InChI is InChI=1S/C20H31BrN2O2S/c1-5-15(6-2)14-23(7-3)20(25)18(12-13-26-4)22-19(24)16-10-8-9-11-17(16)21/h8-11,15,18H,5-7,12-14H2,1-4H3,(H,22,24). The number of thioether (sulfide) groups is 1. The second kappa shape index (κ2) is 12.4. The van der Waals surface area contributed by atoms with Crippen molar-refractivity contribution in [2.24, 2.45) is 5.92 Å². The van der Waals surface area contributed by atoms with E-state index in [-0.39, 0.29) is 11.8 Å². The van der Waals surface area contributed by atoms with Crippen molar-refractivity contribution < 1.29 is 9.59 Å². The maximum atomic E-state index is 13.1. The summed E-state index contributed by atoms with van der Waals surface area (Å²) in [5.41, 5.74) is 0.553. The van der Waals surface area contributed by atoms with Crippen LogP contribution in [0.5, 0.6) is 0 Å². The van der Waals surface area contributed by atoms with E-state index in [0.717, 1.165) is 29.6 Å². The third-order valence-corrected chi connectivity index (χ3v) is 5.99. The highest BCUT2D eigenvalue weighted by molar-refractivity contribution is 9.10. The van der Waals surface area contributed by atoms with Gasteiger partial charge in [0.15, 0.2) is 0 Å². The van der Waals surface area contributed by atoms with Crippen molar-refractivity contribution in [1.29, 1.82) is 0 Å². The van der Waals surface area contributed by atoms with E-state index in [1.54, 1.807) is 17.8 Å². The summed E-state index contributed by atoms with van der Waals surface area (Å²) in [4.78, 5) is 27.7. The van der Waals surface area contributed by atoms with Crippen molar-refractivity contribution in [2.45, 2.75) is 46.1 Å². The Labute approximate surface area is 170 Å². The molecule has 1 N–H and O–H groups in total. The molecule has 1 aromatic rings. The number of carbonyl (C=O) groups excluding carboxylic acids is 2. The predicted molar refractivity (Wildman–Crippen MR) is 115 cm³/mol. The fourth-order valence-electron chi connectivity index (χ4n) is 2.83. The summed E-state index contributed by atoms with van der Waals surface area (Å²) < 4.78 is 0.734. The highest BCUT2D eigenvalue weighted by Crippen LogP contribution is 2.17. The minimum absolute atomic E-state index is 0.0221. The molecule has 26 heavy (non-hydrogen) atoms. The summed E-state index contributed by atoms with van der Waals surface area (Å²) in [6.45, 7) is 7.74. The van der Waals surface area contributed by atoms with E-state index in [0.29, 0.717) is 24.4 Å². The van der Waals surface area contributed by atoms with Gasteiger partial charge >= 0.3 is 0 Å². The number of nitrogens with zero attached hydrogens (tertiary/aromatic N) is 1. The number of likely N-dealkylation sites (N-methyl/N-ethyl adjacent to an activating group) is 1. The van der Waals surface area contributed by atoms with E-state index < -0.39 is 6.04 Å². The molecule has 1 aromatic carbocycles. The third-order valence-electron chi connectivity index (χ3n) is 4.66. The minimum atomic E-state index is -0.489. The molecule has 0 bridgehead atoms. The number of amides is 2. The normalized spacial score (nSPS) is 12.1. The van der Waals surface area contributed by atoms with Gasteiger partial charge in [0, 0.05) is 17.6 Å². The highest BCUT2D eigenvalue weighted by atomic mass is 79.9. The molecule has 0 radical (unpaired) electrons. The Morgan fingerprint density at radius 2 is 1.85 bits per heavy atom. The van der Waals surface area contributed by atoms with E-state index in [9.17, 15) is 9.59 Å². The molecular weight excluding hydrogens is 412 g/mol. The molecular formula is C20H31BrN2O2S. The molecule has 0 heterocycles. The topological polar surface area (TPSA) is 49.4 Å². The molecule has 146 valence electrons. The Kier molecular flexibility index (Phi) is 11.0. The lowest BCUT2D eigenvalue weighted by atomic mass is 10.0. The number of halogens is 1. The fourth-order valence-corrected chi connectivity index (χ4v) is 3.76. The maximum absolute atomic E-state index is 13.1. The largest absolute Gasteiger partial charge is 0.341 e. The lowest BCUT2D eigenvalue weighted by molar-refractivity contribution is -0.133. The van der Waals surface area contributed by atoms with Crippen LogP contribution in [0, 0.1) is 5.92 Å². The van der Waals surface area contributed by atoms with Crippen LogP contribution < -0.4 is 5.32 Å². The molecule has 0 aliphatic heterocycles. The van der Waals surface area contributed by atoms with Gasteiger partial charge in [-0.25, -0.2) is 0 Å². The zero-order chi connectivity index (χ0) is 19.5.